The van der Waals surface area contributed by atoms with Gasteiger partial charge in [-0.1, -0.05) is 84.1 Å². The Balaban J connectivity index is 1.55. The molecule has 1 aliphatic heterocycles. The maximum absolute atomic E-state index is 13.7. The molecule has 1 unspecified atom stereocenters. The highest BCUT2D eigenvalue weighted by molar-refractivity contribution is 7.07. The van der Waals surface area contributed by atoms with Gasteiger partial charge in [0.2, 0.25) is 0 Å². The lowest BCUT2D eigenvalue weighted by Crippen LogP contribution is -2.39. The summed E-state index contributed by atoms with van der Waals surface area (Å²) in [5, 5.41) is 0. The molecule has 0 radical (unpaired) electrons. The van der Waals surface area contributed by atoms with Crippen LogP contribution in [0, 0.1) is 0 Å². The van der Waals surface area contributed by atoms with Gasteiger partial charge in [0.05, 0.1) is 28.5 Å². The van der Waals surface area contributed by atoms with E-state index in [4.69, 9.17) is 9.47 Å². The second kappa shape index (κ2) is 10.8. The summed E-state index contributed by atoms with van der Waals surface area (Å²) in [5.74, 6) is 0.253. The monoisotopic (exact) mass is 510 g/mol. The number of esters is 1. The van der Waals surface area contributed by atoms with Crippen molar-refractivity contribution in [1.82, 2.24) is 4.57 Å². The van der Waals surface area contributed by atoms with E-state index >= 15 is 0 Å². The summed E-state index contributed by atoms with van der Waals surface area (Å²) < 4.78 is 13.4. The number of rotatable bonds is 7. The van der Waals surface area contributed by atoms with Crippen LogP contribution in [0.25, 0.3) is 6.08 Å². The van der Waals surface area contributed by atoms with Gasteiger partial charge in [-0.05, 0) is 48.7 Å². The van der Waals surface area contributed by atoms with Crippen LogP contribution in [0.4, 0.5) is 0 Å². The largest absolute Gasteiger partial charge is 0.489 e. The molecule has 1 aliphatic rings. The van der Waals surface area contributed by atoms with Crippen LogP contribution in [-0.2, 0) is 16.1 Å². The van der Waals surface area contributed by atoms with Crippen LogP contribution in [0.3, 0.4) is 0 Å². The molecule has 0 saturated carbocycles. The van der Waals surface area contributed by atoms with Crippen molar-refractivity contribution >= 4 is 23.4 Å². The average Bonchev–Trinajstić information content (AvgIpc) is 3.22. The Morgan fingerprint density at radius 3 is 2.49 bits per heavy atom. The third-order valence-corrected chi connectivity index (χ3v) is 7.02. The van der Waals surface area contributed by atoms with Gasteiger partial charge >= 0.3 is 5.97 Å². The molecule has 0 fully saturated rings. The molecule has 186 valence electrons. The van der Waals surface area contributed by atoms with E-state index in [1.807, 2.05) is 91.0 Å². The normalized spacial score (nSPS) is 15.2. The van der Waals surface area contributed by atoms with Crippen molar-refractivity contribution in [2.24, 2.45) is 4.99 Å². The fourth-order valence-corrected chi connectivity index (χ4v) is 5.38. The Bertz CT molecular complexity index is 1640. The van der Waals surface area contributed by atoms with Crippen LogP contribution in [-0.4, -0.2) is 17.1 Å². The maximum atomic E-state index is 13.7. The Hall–Kier alpha value is -4.23. The van der Waals surface area contributed by atoms with E-state index in [0.717, 1.165) is 16.7 Å². The number of allylic oxidation sites excluding steroid dienone is 1. The average molecular weight is 511 g/mol. The van der Waals surface area contributed by atoms with Gasteiger partial charge in [0, 0.05) is 0 Å². The van der Waals surface area contributed by atoms with Crippen LogP contribution in [0.5, 0.6) is 5.75 Å². The van der Waals surface area contributed by atoms with Gasteiger partial charge in [-0.15, -0.1) is 0 Å². The third-order valence-electron chi connectivity index (χ3n) is 6.04. The highest BCUT2D eigenvalue weighted by Gasteiger charge is 2.33. The molecule has 5 rings (SSSR count). The summed E-state index contributed by atoms with van der Waals surface area (Å²) in [6.07, 6.45) is 1.84. The lowest BCUT2D eigenvalue weighted by Gasteiger charge is -2.24. The van der Waals surface area contributed by atoms with Gasteiger partial charge in [0.25, 0.3) is 5.56 Å². The molecule has 7 heteroatoms. The van der Waals surface area contributed by atoms with Crippen LogP contribution in [0.15, 0.2) is 106 Å². The molecule has 37 heavy (non-hydrogen) atoms. The minimum absolute atomic E-state index is 0.206. The molecule has 0 amide bonds. The van der Waals surface area contributed by atoms with Gasteiger partial charge in [-0.2, -0.15) is 0 Å². The van der Waals surface area contributed by atoms with Crippen LogP contribution in [0.2, 0.25) is 0 Å². The zero-order valence-electron chi connectivity index (χ0n) is 20.6. The fraction of sp³-hybridized carbons (Fsp3) is 0.167. The smallest absolute Gasteiger partial charge is 0.338 e. The Labute approximate surface area is 218 Å². The maximum Gasteiger partial charge on any atom is 0.338 e. The molecule has 1 aromatic heterocycles. The van der Waals surface area contributed by atoms with Crippen molar-refractivity contribution in [3.8, 4) is 5.75 Å². The number of ether oxygens (including phenoxy) is 2. The second-order valence-electron chi connectivity index (χ2n) is 8.56. The summed E-state index contributed by atoms with van der Waals surface area (Å²) in [7, 11) is 0. The Morgan fingerprint density at radius 1 is 1.03 bits per heavy atom. The summed E-state index contributed by atoms with van der Waals surface area (Å²) >= 11 is 1.30. The van der Waals surface area contributed by atoms with E-state index in [9.17, 15) is 9.59 Å². The van der Waals surface area contributed by atoms with E-state index in [1.54, 1.807) is 18.4 Å². The number of nitrogens with zero attached hydrogens (tertiary/aromatic N) is 2. The first-order valence-electron chi connectivity index (χ1n) is 12.1. The van der Waals surface area contributed by atoms with E-state index in [1.165, 1.54) is 11.3 Å². The molecule has 2 heterocycles. The molecule has 0 N–H and O–H groups in total. The zero-order valence-corrected chi connectivity index (χ0v) is 21.4. The van der Waals surface area contributed by atoms with Crippen molar-refractivity contribution in [2.45, 2.75) is 26.5 Å². The number of fused-ring (bicyclic) bond motifs is 1. The number of hydrogen-bond acceptors (Lipinski definition) is 6. The number of thiazole rings is 1. The molecule has 4 aromatic rings. The van der Waals surface area contributed by atoms with Gasteiger partial charge in [0.15, 0.2) is 4.80 Å². The topological polar surface area (TPSA) is 69.9 Å². The Kier molecular flexibility index (Phi) is 7.14. The first-order valence-corrected chi connectivity index (χ1v) is 12.9. The zero-order chi connectivity index (χ0) is 25.8. The molecule has 0 bridgehead atoms. The van der Waals surface area contributed by atoms with Crippen molar-refractivity contribution in [3.63, 3.8) is 0 Å². The molecular weight excluding hydrogens is 484 g/mol. The lowest BCUT2D eigenvalue weighted by molar-refractivity contribution is -0.139. The highest BCUT2D eigenvalue weighted by atomic mass is 32.1. The molecule has 6 nitrogen and oxygen atoms in total. The molecule has 0 saturated heterocycles. The van der Waals surface area contributed by atoms with Crippen molar-refractivity contribution < 1.29 is 14.3 Å². The SMILES string of the molecule is CCOC(=O)C1=C(C)N=c2s/c(=C\c3cccc(OCc4ccccc4)c3)c(=O)n2C1c1ccccc1. The lowest BCUT2D eigenvalue weighted by atomic mass is 9.96. The van der Waals surface area contributed by atoms with Crippen LogP contribution < -0.4 is 19.6 Å². The quantitative estimate of drug-likeness (QED) is 0.346. The van der Waals surface area contributed by atoms with Crippen molar-refractivity contribution in [1.29, 1.82) is 0 Å². The molecule has 0 aliphatic carbocycles. The van der Waals surface area contributed by atoms with E-state index in [-0.39, 0.29) is 12.2 Å². The van der Waals surface area contributed by atoms with E-state index in [2.05, 4.69) is 4.99 Å². The first kappa shape index (κ1) is 24.5. The molecule has 1 atom stereocenters. The molecule has 3 aromatic carbocycles. The molecule has 0 spiro atoms. The number of aromatic nitrogens is 1. The highest BCUT2D eigenvalue weighted by Crippen LogP contribution is 2.30. The van der Waals surface area contributed by atoms with Gasteiger partial charge < -0.3 is 9.47 Å². The number of carbonyl (C=O) groups is 1. The summed E-state index contributed by atoms with van der Waals surface area (Å²) in [6, 6.07) is 26.5. The summed E-state index contributed by atoms with van der Waals surface area (Å²) in [6.45, 7) is 4.24. The van der Waals surface area contributed by atoms with Crippen LogP contribution >= 0.6 is 11.3 Å². The second-order valence-corrected chi connectivity index (χ2v) is 9.57. The summed E-state index contributed by atoms with van der Waals surface area (Å²) in [5.41, 5.74) is 3.47. The number of carbonyl (C=O) groups excluding carboxylic acids is 1. The van der Waals surface area contributed by atoms with Crippen molar-refractivity contribution in [3.05, 3.63) is 133 Å². The minimum atomic E-state index is -0.612. The standard InChI is InChI=1S/C30H26N2O4S/c1-3-35-29(34)26-20(2)31-30-32(27(26)23-14-8-5-9-15-23)28(33)25(37-30)18-22-13-10-16-24(17-22)36-19-21-11-6-4-7-12-21/h4-18,27H,3,19H2,1-2H3/b25-18-. The predicted octanol–water partition coefficient (Wildman–Crippen LogP) is 4.38. The number of hydrogen-bond donors (Lipinski definition) is 0. The number of benzene rings is 3. The summed E-state index contributed by atoms with van der Waals surface area (Å²) in [4.78, 5) is 31.8. The van der Waals surface area contributed by atoms with E-state index < -0.39 is 12.0 Å². The predicted molar refractivity (Wildman–Crippen MR) is 144 cm³/mol. The van der Waals surface area contributed by atoms with Gasteiger partial charge in [-0.25, -0.2) is 9.79 Å². The van der Waals surface area contributed by atoms with Gasteiger partial charge in [0.1, 0.15) is 12.4 Å². The van der Waals surface area contributed by atoms with Crippen LogP contribution in [0.1, 0.15) is 36.6 Å². The fourth-order valence-electron chi connectivity index (χ4n) is 4.33. The third kappa shape index (κ3) is 5.17. The Morgan fingerprint density at radius 2 is 1.76 bits per heavy atom. The van der Waals surface area contributed by atoms with Crippen molar-refractivity contribution in [2.75, 3.05) is 6.61 Å². The first-order chi connectivity index (χ1) is 18.0. The minimum Gasteiger partial charge on any atom is -0.489 e. The van der Waals surface area contributed by atoms with E-state index in [0.29, 0.717) is 33.0 Å². The molecular formula is C30H26N2O4S. The van der Waals surface area contributed by atoms with Gasteiger partial charge in [-0.3, -0.25) is 9.36 Å².